The highest BCUT2D eigenvalue weighted by atomic mass is 32.2. The van der Waals surface area contributed by atoms with Gasteiger partial charge in [0, 0.05) is 45.0 Å². The Labute approximate surface area is 164 Å². The van der Waals surface area contributed by atoms with Gasteiger partial charge in [-0.1, -0.05) is 30.0 Å². The van der Waals surface area contributed by atoms with Crippen LogP contribution in [0.15, 0.2) is 41.7 Å². The zero-order valence-electron chi connectivity index (χ0n) is 15.7. The smallest absolute Gasteiger partial charge is 0.272 e. The summed E-state index contributed by atoms with van der Waals surface area (Å²) >= 11 is 1.55. The molecule has 1 amide bonds. The molecule has 1 aromatic heterocycles. The Hall–Kier alpha value is -1.83. The molecule has 1 aromatic carbocycles. The van der Waals surface area contributed by atoms with E-state index in [1.54, 1.807) is 18.0 Å². The van der Waals surface area contributed by atoms with E-state index < -0.39 is 0 Å². The lowest BCUT2D eigenvalue weighted by molar-refractivity contribution is 0.0428. The molecule has 6 nitrogen and oxygen atoms in total. The van der Waals surface area contributed by atoms with Gasteiger partial charge in [-0.05, 0) is 31.2 Å². The van der Waals surface area contributed by atoms with Crippen LogP contribution in [0.1, 0.15) is 23.3 Å². The minimum Gasteiger partial charge on any atom is -0.377 e. The summed E-state index contributed by atoms with van der Waals surface area (Å²) in [6.45, 7) is 5.19. The number of amides is 1. The quantitative estimate of drug-likeness (QED) is 0.739. The minimum absolute atomic E-state index is 0.0587. The van der Waals surface area contributed by atoms with Crippen molar-refractivity contribution in [2.24, 2.45) is 0 Å². The summed E-state index contributed by atoms with van der Waals surface area (Å²) in [4.78, 5) is 22.0. The van der Waals surface area contributed by atoms with Gasteiger partial charge in [0.1, 0.15) is 5.69 Å². The van der Waals surface area contributed by atoms with Crippen LogP contribution in [0, 0.1) is 0 Å². The standard InChI is InChI=1S/C20H26N4O2S/c1-27-20-21-14-18(24(20)16-6-3-2-4-7-16)19(25)23-11-9-22(10-12-23)15-17-8-5-13-26-17/h2-4,6-7,14,17H,5,8-13,15H2,1H3/t17-/m1/s1. The number of rotatable bonds is 5. The molecule has 3 heterocycles. The number of imidazole rings is 1. The molecule has 0 aliphatic carbocycles. The fourth-order valence-corrected chi connectivity index (χ4v) is 4.37. The van der Waals surface area contributed by atoms with Crippen molar-refractivity contribution in [1.82, 2.24) is 19.4 Å². The van der Waals surface area contributed by atoms with Crippen molar-refractivity contribution in [2.45, 2.75) is 24.1 Å². The van der Waals surface area contributed by atoms with E-state index in [1.807, 2.05) is 46.1 Å². The van der Waals surface area contributed by atoms with E-state index in [-0.39, 0.29) is 5.91 Å². The SMILES string of the molecule is CSc1ncc(C(=O)N2CCN(C[C@H]3CCCO3)CC2)n1-c1ccccc1. The van der Waals surface area contributed by atoms with Crippen molar-refractivity contribution >= 4 is 17.7 Å². The summed E-state index contributed by atoms with van der Waals surface area (Å²) in [6, 6.07) is 9.97. The monoisotopic (exact) mass is 386 g/mol. The summed E-state index contributed by atoms with van der Waals surface area (Å²) in [6.07, 6.45) is 6.40. The molecule has 1 atom stereocenters. The van der Waals surface area contributed by atoms with Crippen molar-refractivity contribution in [3.05, 3.63) is 42.2 Å². The molecular weight excluding hydrogens is 360 g/mol. The van der Waals surface area contributed by atoms with Crippen LogP contribution in [-0.2, 0) is 4.74 Å². The molecule has 0 saturated carbocycles. The van der Waals surface area contributed by atoms with E-state index in [1.165, 1.54) is 6.42 Å². The molecule has 0 N–H and O–H groups in total. The third-order valence-electron chi connectivity index (χ3n) is 5.29. The summed E-state index contributed by atoms with van der Waals surface area (Å²) in [5.74, 6) is 0.0587. The van der Waals surface area contributed by atoms with Gasteiger partial charge in [0.25, 0.3) is 5.91 Å². The number of benzene rings is 1. The summed E-state index contributed by atoms with van der Waals surface area (Å²) in [7, 11) is 0. The maximum absolute atomic E-state index is 13.2. The van der Waals surface area contributed by atoms with Crippen molar-refractivity contribution in [1.29, 1.82) is 0 Å². The van der Waals surface area contributed by atoms with Crippen LogP contribution >= 0.6 is 11.8 Å². The Kier molecular flexibility index (Phi) is 5.80. The second-order valence-corrected chi connectivity index (χ2v) is 7.80. The maximum Gasteiger partial charge on any atom is 0.272 e. The van der Waals surface area contributed by atoms with E-state index in [0.29, 0.717) is 11.8 Å². The molecule has 144 valence electrons. The maximum atomic E-state index is 13.2. The van der Waals surface area contributed by atoms with Crippen LogP contribution in [0.25, 0.3) is 5.69 Å². The first-order valence-corrected chi connectivity index (χ1v) is 10.8. The van der Waals surface area contributed by atoms with Crippen LogP contribution in [0.3, 0.4) is 0 Å². The van der Waals surface area contributed by atoms with Crippen LogP contribution in [0.5, 0.6) is 0 Å². The second-order valence-electron chi connectivity index (χ2n) is 7.03. The summed E-state index contributed by atoms with van der Waals surface area (Å²) < 4.78 is 7.71. The third-order valence-corrected chi connectivity index (χ3v) is 5.94. The Balaban J connectivity index is 1.45. The minimum atomic E-state index is 0.0587. The number of thioether (sulfide) groups is 1. The van der Waals surface area contributed by atoms with Gasteiger partial charge in [-0.25, -0.2) is 4.98 Å². The number of hydrogen-bond acceptors (Lipinski definition) is 5. The first-order chi connectivity index (χ1) is 13.3. The average molecular weight is 387 g/mol. The lowest BCUT2D eigenvalue weighted by atomic mass is 10.2. The highest BCUT2D eigenvalue weighted by Gasteiger charge is 2.28. The predicted octanol–water partition coefficient (Wildman–Crippen LogP) is 2.53. The van der Waals surface area contributed by atoms with Crippen molar-refractivity contribution in [2.75, 3.05) is 45.6 Å². The predicted molar refractivity (Wildman–Crippen MR) is 107 cm³/mol. The van der Waals surface area contributed by atoms with Crippen molar-refractivity contribution < 1.29 is 9.53 Å². The Morgan fingerprint density at radius 1 is 1.22 bits per heavy atom. The Morgan fingerprint density at radius 3 is 2.67 bits per heavy atom. The van der Waals surface area contributed by atoms with E-state index in [9.17, 15) is 4.79 Å². The van der Waals surface area contributed by atoms with Gasteiger partial charge in [-0.2, -0.15) is 0 Å². The summed E-state index contributed by atoms with van der Waals surface area (Å²) in [5.41, 5.74) is 1.61. The first kappa shape index (κ1) is 18.5. The number of para-hydroxylation sites is 1. The molecule has 0 radical (unpaired) electrons. The lowest BCUT2D eigenvalue weighted by Gasteiger charge is -2.35. The molecule has 2 aromatic rings. The molecule has 2 aliphatic heterocycles. The van der Waals surface area contributed by atoms with Crippen molar-refractivity contribution in [3.63, 3.8) is 0 Å². The molecule has 0 unspecified atom stereocenters. The Morgan fingerprint density at radius 2 is 2.00 bits per heavy atom. The third kappa shape index (κ3) is 4.05. The number of aromatic nitrogens is 2. The molecule has 0 bridgehead atoms. The highest BCUT2D eigenvalue weighted by molar-refractivity contribution is 7.98. The molecule has 4 rings (SSSR count). The molecular formula is C20H26N4O2S. The van der Waals surface area contributed by atoms with E-state index in [4.69, 9.17) is 4.74 Å². The Bertz CT molecular complexity index is 766. The van der Waals surface area contributed by atoms with E-state index >= 15 is 0 Å². The molecule has 2 saturated heterocycles. The second kappa shape index (κ2) is 8.46. The van der Waals surface area contributed by atoms with Gasteiger partial charge < -0.3 is 9.64 Å². The number of hydrogen-bond donors (Lipinski definition) is 0. The van der Waals surface area contributed by atoms with Crippen LogP contribution in [0.2, 0.25) is 0 Å². The molecule has 0 spiro atoms. The van der Waals surface area contributed by atoms with Gasteiger partial charge in [0.2, 0.25) is 0 Å². The van der Waals surface area contributed by atoms with Gasteiger partial charge in [-0.3, -0.25) is 14.3 Å². The van der Waals surface area contributed by atoms with Gasteiger partial charge in [-0.15, -0.1) is 0 Å². The zero-order chi connectivity index (χ0) is 18.6. The summed E-state index contributed by atoms with van der Waals surface area (Å²) in [5, 5.41) is 0.835. The fourth-order valence-electron chi connectivity index (χ4n) is 3.83. The van der Waals surface area contributed by atoms with Gasteiger partial charge in [0.05, 0.1) is 12.3 Å². The van der Waals surface area contributed by atoms with Gasteiger partial charge in [0.15, 0.2) is 5.16 Å². The van der Waals surface area contributed by atoms with Crippen LogP contribution < -0.4 is 0 Å². The largest absolute Gasteiger partial charge is 0.377 e. The number of piperazine rings is 1. The first-order valence-electron chi connectivity index (χ1n) is 9.56. The molecule has 27 heavy (non-hydrogen) atoms. The molecule has 2 fully saturated rings. The van der Waals surface area contributed by atoms with Crippen molar-refractivity contribution in [3.8, 4) is 5.69 Å². The molecule has 7 heteroatoms. The van der Waals surface area contributed by atoms with Crippen LogP contribution in [-0.4, -0.2) is 76.9 Å². The van der Waals surface area contributed by atoms with E-state index in [0.717, 1.165) is 56.6 Å². The topological polar surface area (TPSA) is 50.6 Å². The lowest BCUT2D eigenvalue weighted by Crippen LogP contribution is -2.50. The van der Waals surface area contributed by atoms with Crippen LogP contribution in [0.4, 0.5) is 0 Å². The fraction of sp³-hybridized carbons (Fsp3) is 0.500. The normalized spacial score (nSPS) is 20.9. The number of carbonyl (C=O) groups excluding carboxylic acids is 1. The number of ether oxygens (including phenoxy) is 1. The number of carbonyl (C=O) groups is 1. The highest BCUT2D eigenvalue weighted by Crippen LogP contribution is 2.23. The number of nitrogens with zero attached hydrogens (tertiary/aromatic N) is 4. The molecule has 2 aliphatic rings. The van der Waals surface area contributed by atoms with Gasteiger partial charge >= 0.3 is 0 Å². The average Bonchev–Trinajstić information content (AvgIpc) is 3.38. The van der Waals surface area contributed by atoms with E-state index in [2.05, 4.69) is 9.88 Å². The zero-order valence-corrected chi connectivity index (χ0v) is 16.5.